The van der Waals surface area contributed by atoms with Gasteiger partial charge >= 0.3 is 0 Å². The minimum Gasteiger partial charge on any atom is -0.299 e. The number of rotatable bonds is 0. The van der Waals surface area contributed by atoms with Gasteiger partial charge in [-0.1, -0.05) is 13.8 Å². The van der Waals surface area contributed by atoms with Crippen LogP contribution in [0.4, 0.5) is 0 Å². The first-order chi connectivity index (χ1) is 5.11. The van der Waals surface area contributed by atoms with E-state index in [0.717, 1.165) is 25.2 Å². The summed E-state index contributed by atoms with van der Waals surface area (Å²) in [4.78, 5) is 11.3. The highest BCUT2D eigenvalue weighted by molar-refractivity contribution is 5.83. The summed E-state index contributed by atoms with van der Waals surface area (Å²) in [6.45, 7) is 4.60. The normalized spacial score (nSPS) is 41.1. The molecule has 2 aliphatic rings. The fraction of sp³-hybridized carbons (Fsp3) is 0.900. The molecule has 0 N–H and O–H groups in total. The lowest BCUT2D eigenvalue weighted by Crippen LogP contribution is -2.49. The first-order valence-corrected chi connectivity index (χ1v) is 4.64. The lowest BCUT2D eigenvalue weighted by molar-refractivity contribution is -0.141. The van der Waals surface area contributed by atoms with Crippen LogP contribution in [0, 0.1) is 17.3 Å². The predicted octanol–water partition coefficient (Wildman–Crippen LogP) is 2.40. The topological polar surface area (TPSA) is 17.1 Å². The smallest absolute Gasteiger partial charge is 0.136 e. The molecule has 2 fully saturated rings. The minimum atomic E-state index is 0.457. The van der Waals surface area contributed by atoms with Crippen LogP contribution in [0.2, 0.25) is 0 Å². The van der Waals surface area contributed by atoms with E-state index in [1.165, 1.54) is 6.42 Å². The van der Waals surface area contributed by atoms with Crippen LogP contribution in [-0.4, -0.2) is 5.78 Å². The molecule has 0 radical (unpaired) electrons. The zero-order valence-corrected chi connectivity index (χ0v) is 7.39. The molecule has 0 spiro atoms. The molecule has 0 aromatic heterocycles. The zero-order valence-electron chi connectivity index (χ0n) is 7.39. The fourth-order valence-electron chi connectivity index (χ4n) is 2.86. The number of fused-ring (bicyclic) bond motifs is 1. The molecular formula is C10H16O. The summed E-state index contributed by atoms with van der Waals surface area (Å²) in [5.41, 5.74) is 0.473. The summed E-state index contributed by atoms with van der Waals surface area (Å²) in [5.74, 6) is 1.73. The van der Waals surface area contributed by atoms with Crippen LogP contribution in [0.15, 0.2) is 0 Å². The minimum absolute atomic E-state index is 0.457. The Morgan fingerprint density at radius 2 is 2.18 bits per heavy atom. The van der Waals surface area contributed by atoms with Crippen LogP contribution in [0.3, 0.4) is 0 Å². The molecule has 0 aliphatic heterocycles. The largest absolute Gasteiger partial charge is 0.299 e. The van der Waals surface area contributed by atoms with Gasteiger partial charge in [0.2, 0.25) is 0 Å². The molecule has 0 saturated heterocycles. The molecule has 0 amide bonds. The summed E-state index contributed by atoms with van der Waals surface area (Å²) in [6, 6.07) is 0. The van der Waals surface area contributed by atoms with Crippen molar-refractivity contribution in [1.82, 2.24) is 0 Å². The SMILES string of the molecule is CC1(C)C[C@@H]2C(=O)CCC[C@@H]21. The van der Waals surface area contributed by atoms with Crippen molar-refractivity contribution in [3.8, 4) is 0 Å². The molecule has 0 aromatic carbocycles. The molecule has 62 valence electrons. The lowest BCUT2D eigenvalue weighted by Gasteiger charge is -2.53. The number of hydrogen-bond donors (Lipinski definition) is 0. The summed E-state index contributed by atoms with van der Waals surface area (Å²) < 4.78 is 0. The third kappa shape index (κ3) is 0.935. The summed E-state index contributed by atoms with van der Waals surface area (Å²) in [6.07, 6.45) is 4.45. The summed E-state index contributed by atoms with van der Waals surface area (Å²) in [7, 11) is 0. The van der Waals surface area contributed by atoms with E-state index in [1.807, 2.05) is 0 Å². The standard InChI is InChI=1S/C10H16O/c1-10(2)6-7-8(10)4-3-5-9(7)11/h7-8H,3-6H2,1-2H3/t7-,8-/m0/s1. The average Bonchev–Trinajstić information content (AvgIpc) is 1.92. The van der Waals surface area contributed by atoms with E-state index in [0.29, 0.717) is 17.1 Å². The quantitative estimate of drug-likeness (QED) is 0.521. The second-order valence-corrected chi connectivity index (χ2v) is 4.76. The van der Waals surface area contributed by atoms with E-state index in [-0.39, 0.29) is 0 Å². The van der Waals surface area contributed by atoms with Crippen molar-refractivity contribution in [2.75, 3.05) is 0 Å². The van der Waals surface area contributed by atoms with Crippen LogP contribution >= 0.6 is 0 Å². The summed E-state index contributed by atoms with van der Waals surface area (Å²) in [5, 5.41) is 0. The Hall–Kier alpha value is -0.330. The second kappa shape index (κ2) is 2.09. The maximum atomic E-state index is 11.3. The van der Waals surface area contributed by atoms with Gasteiger partial charge in [-0.05, 0) is 30.6 Å². The van der Waals surface area contributed by atoms with Crippen LogP contribution in [0.5, 0.6) is 0 Å². The number of carbonyl (C=O) groups is 1. The van der Waals surface area contributed by atoms with Gasteiger partial charge in [-0.2, -0.15) is 0 Å². The molecule has 2 atom stereocenters. The van der Waals surface area contributed by atoms with Gasteiger partial charge in [0, 0.05) is 12.3 Å². The number of hydrogen-bond acceptors (Lipinski definition) is 1. The maximum absolute atomic E-state index is 11.3. The van der Waals surface area contributed by atoms with Gasteiger partial charge in [0.1, 0.15) is 5.78 Å². The Bertz CT molecular complexity index is 193. The van der Waals surface area contributed by atoms with Crippen molar-refractivity contribution in [3.05, 3.63) is 0 Å². The highest BCUT2D eigenvalue weighted by Crippen LogP contribution is 2.55. The van der Waals surface area contributed by atoms with Crippen LogP contribution in [0.1, 0.15) is 39.5 Å². The van der Waals surface area contributed by atoms with Crippen molar-refractivity contribution in [2.45, 2.75) is 39.5 Å². The van der Waals surface area contributed by atoms with Crippen LogP contribution in [0.25, 0.3) is 0 Å². The Morgan fingerprint density at radius 3 is 2.73 bits per heavy atom. The third-order valence-corrected chi connectivity index (χ3v) is 3.59. The van der Waals surface area contributed by atoms with E-state index < -0.39 is 0 Å². The van der Waals surface area contributed by atoms with Gasteiger partial charge in [-0.25, -0.2) is 0 Å². The molecule has 0 aromatic rings. The first-order valence-electron chi connectivity index (χ1n) is 4.64. The van der Waals surface area contributed by atoms with Crippen LogP contribution < -0.4 is 0 Å². The zero-order chi connectivity index (χ0) is 8.06. The Labute approximate surface area is 68.2 Å². The van der Waals surface area contributed by atoms with Crippen molar-refractivity contribution in [3.63, 3.8) is 0 Å². The molecule has 0 heterocycles. The number of carbonyl (C=O) groups excluding carboxylic acids is 1. The maximum Gasteiger partial charge on any atom is 0.136 e. The molecule has 0 unspecified atom stereocenters. The number of ketones is 1. The molecule has 1 heteroatoms. The van der Waals surface area contributed by atoms with Crippen molar-refractivity contribution in [1.29, 1.82) is 0 Å². The van der Waals surface area contributed by atoms with Gasteiger partial charge in [-0.3, -0.25) is 4.79 Å². The van der Waals surface area contributed by atoms with Crippen molar-refractivity contribution < 1.29 is 4.79 Å². The Morgan fingerprint density at radius 1 is 1.45 bits per heavy atom. The Kier molecular flexibility index (Phi) is 1.39. The molecule has 0 bridgehead atoms. The monoisotopic (exact) mass is 152 g/mol. The van der Waals surface area contributed by atoms with Gasteiger partial charge in [0.25, 0.3) is 0 Å². The van der Waals surface area contributed by atoms with Gasteiger partial charge in [0.15, 0.2) is 0 Å². The molecule has 2 aliphatic carbocycles. The summed E-state index contributed by atoms with van der Waals surface area (Å²) >= 11 is 0. The third-order valence-electron chi connectivity index (χ3n) is 3.59. The fourth-order valence-corrected chi connectivity index (χ4v) is 2.86. The predicted molar refractivity (Wildman–Crippen MR) is 44.2 cm³/mol. The molecule has 1 nitrogen and oxygen atoms in total. The van der Waals surface area contributed by atoms with Crippen molar-refractivity contribution >= 4 is 5.78 Å². The van der Waals surface area contributed by atoms with E-state index in [4.69, 9.17) is 0 Å². The van der Waals surface area contributed by atoms with Gasteiger partial charge in [0.05, 0.1) is 0 Å². The van der Waals surface area contributed by atoms with Gasteiger partial charge < -0.3 is 0 Å². The average molecular weight is 152 g/mol. The number of Topliss-reactive ketones (excluding diaryl/α,β-unsaturated/α-hetero) is 1. The van der Waals surface area contributed by atoms with Gasteiger partial charge in [-0.15, -0.1) is 0 Å². The molecule has 2 rings (SSSR count). The van der Waals surface area contributed by atoms with E-state index in [2.05, 4.69) is 13.8 Å². The molecule has 2 saturated carbocycles. The Balaban J connectivity index is 2.11. The lowest BCUT2D eigenvalue weighted by atomic mass is 9.51. The molecular weight excluding hydrogens is 136 g/mol. The van der Waals surface area contributed by atoms with Crippen molar-refractivity contribution in [2.24, 2.45) is 17.3 Å². The van der Waals surface area contributed by atoms with E-state index in [9.17, 15) is 4.79 Å². The van der Waals surface area contributed by atoms with E-state index >= 15 is 0 Å². The van der Waals surface area contributed by atoms with E-state index in [1.54, 1.807) is 0 Å². The van der Waals surface area contributed by atoms with Crippen LogP contribution in [-0.2, 0) is 4.79 Å². The highest BCUT2D eigenvalue weighted by atomic mass is 16.1. The first kappa shape index (κ1) is 7.33. The second-order valence-electron chi connectivity index (χ2n) is 4.76. The molecule has 11 heavy (non-hydrogen) atoms. The highest BCUT2D eigenvalue weighted by Gasteiger charge is 2.51.